The Balaban J connectivity index is 1.07. The van der Waals surface area contributed by atoms with Gasteiger partial charge in [0.05, 0.1) is 56.5 Å². The summed E-state index contributed by atoms with van der Waals surface area (Å²) in [6.45, 7) is 8.95. The Labute approximate surface area is 205 Å². The van der Waals surface area contributed by atoms with Gasteiger partial charge in [0.15, 0.2) is 5.13 Å². The van der Waals surface area contributed by atoms with E-state index in [0.717, 1.165) is 47.3 Å². The third kappa shape index (κ3) is 7.28. The topological polar surface area (TPSA) is 74.3 Å². The van der Waals surface area contributed by atoms with E-state index in [9.17, 15) is 0 Å². The smallest absolute Gasteiger partial charge is 0.186 e. The van der Waals surface area contributed by atoms with Crippen molar-refractivity contribution in [2.24, 2.45) is 5.41 Å². The molecular formula is C25H35N3O5S. The SMILES string of the molecule is C#CCOCCOCCOCCOCCOc1ccc2nc(N3CCCC4(CNC4)C3)sc2c1. The largest absolute Gasteiger partial charge is 0.491 e. The summed E-state index contributed by atoms with van der Waals surface area (Å²) >= 11 is 1.76. The average Bonchev–Trinajstić information content (AvgIpc) is 3.27. The molecule has 1 aromatic heterocycles. The van der Waals surface area contributed by atoms with Crippen LogP contribution in [0, 0.1) is 17.8 Å². The van der Waals surface area contributed by atoms with Crippen molar-refractivity contribution < 1.29 is 23.7 Å². The highest BCUT2D eigenvalue weighted by molar-refractivity contribution is 7.22. The van der Waals surface area contributed by atoms with E-state index in [1.807, 2.05) is 12.1 Å². The number of nitrogens with one attached hydrogen (secondary N) is 1. The molecule has 3 heterocycles. The predicted molar refractivity (Wildman–Crippen MR) is 134 cm³/mol. The number of terminal acetylenes is 1. The zero-order valence-corrected chi connectivity index (χ0v) is 20.6. The van der Waals surface area contributed by atoms with Gasteiger partial charge >= 0.3 is 0 Å². The third-order valence-electron chi connectivity index (χ3n) is 6.08. The van der Waals surface area contributed by atoms with Crippen molar-refractivity contribution in [3.63, 3.8) is 0 Å². The van der Waals surface area contributed by atoms with Gasteiger partial charge in [-0.15, -0.1) is 6.42 Å². The molecule has 0 unspecified atom stereocenters. The maximum atomic E-state index is 5.88. The minimum atomic E-state index is 0.319. The normalized spacial score (nSPS) is 17.1. The number of fused-ring (bicyclic) bond motifs is 1. The molecule has 0 bridgehead atoms. The number of hydrogen-bond donors (Lipinski definition) is 1. The number of thiazole rings is 1. The quantitative estimate of drug-likeness (QED) is 0.302. The van der Waals surface area contributed by atoms with Crippen molar-refractivity contribution in [1.82, 2.24) is 10.3 Å². The number of aromatic nitrogens is 1. The van der Waals surface area contributed by atoms with Crippen molar-refractivity contribution >= 4 is 26.7 Å². The van der Waals surface area contributed by atoms with Crippen LogP contribution in [0.3, 0.4) is 0 Å². The van der Waals surface area contributed by atoms with Crippen molar-refractivity contribution in [1.29, 1.82) is 0 Å². The van der Waals surface area contributed by atoms with Crippen molar-refractivity contribution in [2.45, 2.75) is 12.8 Å². The lowest BCUT2D eigenvalue weighted by molar-refractivity contribution is -0.00186. The van der Waals surface area contributed by atoms with Gasteiger partial charge in [-0.2, -0.15) is 0 Å². The van der Waals surface area contributed by atoms with Gasteiger partial charge in [0.2, 0.25) is 0 Å². The summed E-state index contributed by atoms with van der Waals surface area (Å²) in [5.74, 6) is 3.26. The molecule has 2 saturated heterocycles. The van der Waals surface area contributed by atoms with Crippen LogP contribution >= 0.6 is 11.3 Å². The Morgan fingerprint density at radius 3 is 2.38 bits per heavy atom. The van der Waals surface area contributed by atoms with Crippen molar-refractivity contribution in [3.05, 3.63) is 18.2 Å². The van der Waals surface area contributed by atoms with E-state index in [4.69, 9.17) is 35.1 Å². The van der Waals surface area contributed by atoms with Crippen LogP contribution in [0.4, 0.5) is 5.13 Å². The van der Waals surface area contributed by atoms with Crippen LogP contribution in [0.5, 0.6) is 5.75 Å². The molecule has 0 atom stereocenters. The predicted octanol–water partition coefficient (Wildman–Crippen LogP) is 2.56. The highest BCUT2D eigenvalue weighted by atomic mass is 32.1. The Morgan fingerprint density at radius 2 is 1.71 bits per heavy atom. The van der Waals surface area contributed by atoms with Crippen molar-refractivity contribution in [3.8, 4) is 18.1 Å². The minimum absolute atomic E-state index is 0.319. The molecule has 0 aliphatic carbocycles. The Morgan fingerprint density at radius 1 is 1.00 bits per heavy atom. The summed E-state index contributed by atoms with van der Waals surface area (Å²) < 4.78 is 28.6. The van der Waals surface area contributed by atoms with Crippen LogP contribution in [0.1, 0.15) is 12.8 Å². The second-order valence-corrected chi connectivity index (χ2v) is 9.71. The summed E-state index contributed by atoms with van der Waals surface area (Å²) in [6, 6.07) is 6.12. The molecule has 0 amide bonds. The van der Waals surface area contributed by atoms with Gasteiger partial charge < -0.3 is 33.9 Å². The van der Waals surface area contributed by atoms with Gasteiger partial charge in [0.1, 0.15) is 19.0 Å². The van der Waals surface area contributed by atoms with Gasteiger partial charge in [-0.25, -0.2) is 4.98 Å². The van der Waals surface area contributed by atoms with Gasteiger partial charge in [-0.1, -0.05) is 17.3 Å². The fourth-order valence-electron chi connectivity index (χ4n) is 4.27. The minimum Gasteiger partial charge on any atom is -0.491 e. The van der Waals surface area contributed by atoms with Crippen LogP contribution in [0.2, 0.25) is 0 Å². The molecule has 9 heteroatoms. The average molecular weight is 490 g/mol. The number of ether oxygens (including phenoxy) is 5. The van der Waals surface area contributed by atoms with Gasteiger partial charge in [-0.05, 0) is 31.0 Å². The van der Waals surface area contributed by atoms with Crippen LogP contribution in [0.25, 0.3) is 10.2 Å². The van der Waals surface area contributed by atoms with E-state index < -0.39 is 0 Å². The van der Waals surface area contributed by atoms with Crippen LogP contribution in [0.15, 0.2) is 18.2 Å². The van der Waals surface area contributed by atoms with E-state index in [1.54, 1.807) is 11.3 Å². The highest BCUT2D eigenvalue weighted by Crippen LogP contribution is 2.38. The van der Waals surface area contributed by atoms with Gasteiger partial charge in [-0.3, -0.25) is 0 Å². The number of benzene rings is 1. The first-order chi connectivity index (χ1) is 16.8. The van der Waals surface area contributed by atoms with E-state index in [2.05, 4.69) is 22.2 Å². The van der Waals surface area contributed by atoms with E-state index in [-0.39, 0.29) is 0 Å². The van der Waals surface area contributed by atoms with E-state index in [1.165, 1.54) is 12.8 Å². The molecular weight excluding hydrogens is 454 g/mol. The molecule has 2 aliphatic heterocycles. The second-order valence-electron chi connectivity index (χ2n) is 8.70. The first kappa shape index (κ1) is 25.2. The van der Waals surface area contributed by atoms with E-state index in [0.29, 0.717) is 64.9 Å². The molecule has 1 aromatic carbocycles. The highest BCUT2D eigenvalue weighted by Gasteiger charge is 2.41. The number of nitrogens with zero attached hydrogens (tertiary/aromatic N) is 2. The standard InChI is InChI=1S/C25H35N3O5S/c1-2-8-29-9-10-30-11-12-31-13-14-32-15-16-33-21-4-5-22-23(17-21)34-24(27-22)28-7-3-6-25(20-28)18-26-19-25/h1,4-5,17,26H,3,6-16,18-20H2. The fourth-order valence-corrected chi connectivity index (χ4v) is 5.28. The Kier molecular flexibility index (Phi) is 9.80. The number of anilines is 1. The molecule has 8 nitrogen and oxygen atoms in total. The lowest BCUT2D eigenvalue weighted by atomic mass is 9.75. The summed E-state index contributed by atoms with van der Waals surface area (Å²) in [5.41, 5.74) is 1.50. The Bertz CT molecular complexity index is 927. The van der Waals surface area contributed by atoms with E-state index >= 15 is 0 Å². The third-order valence-corrected chi connectivity index (χ3v) is 7.16. The number of rotatable bonds is 15. The lowest BCUT2D eigenvalue weighted by Gasteiger charge is -2.49. The zero-order chi connectivity index (χ0) is 23.5. The second kappa shape index (κ2) is 13.2. The molecule has 4 rings (SSSR count). The number of hydrogen-bond acceptors (Lipinski definition) is 9. The monoisotopic (exact) mass is 489 g/mol. The summed E-state index contributed by atoms with van der Waals surface area (Å²) in [6.07, 6.45) is 7.66. The molecule has 0 saturated carbocycles. The molecule has 0 radical (unpaired) electrons. The number of piperidine rings is 1. The lowest BCUT2D eigenvalue weighted by Crippen LogP contribution is -2.61. The summed E-state index contributed by atoms with van der Waals surface area (Å²) in [4.78, 5) is 7.35. The molecule has 186 valence electrons. The van der Waals surface area contributed by atoms with Gasteiger partial charge in [0.25, 0.3) is 0 Å². The molecule has 2 aromatic rings. The summed E-state index contributed by atoms with van der Waals surface area (Å²) in [7, 11) is 0. The molecule has 1 N–H and O–H groups in total. The molecule has 1 spiro atoms. The van der Waals surface area contributed by atoms with Crippen LogP contribution in [-0.4, -0.2) is 90.6 Å². The first-order valence-electron chi connectivity index (χ1n) is 12.0. The summed E-state index contributed by atoms with van der Waals surface area (Å²) in [5, 5.41) is 4.57. The van der Waals surface area contributed by atoms with Crippen molar-refractivity contribution in [2.75, 3.05) is 90.5 Å². The fraction of sp³-hybridized carbons (Fsp3) is 0.640. The zero-order valence-electron chi connectivity index (χ0n) is 19.8. The first-order valence-corrected chi connectivity index (χ1v) is 12.8. The van der Waals surface area contributed by atoms with Crippen LogP contribution < -0.4 is 15.0 Å². The molecule has 2 aliphatic rings. The maximum absolute atomic E-state index is 5.88. The van der Waals surface area contributed by atoms with Gasteiger partial charge in [0, 0.05) is 31.6 Å². The van der Waals surface area contributed by atoms with Crippen LogP contribution in [-0.2, 0) is 18.9 Å². The molecule has 2 fully saturated rings. The Hall–Kier alpha value is -1.93. The maximum Gasteiger partial charge on any atom is 0.186 e. The molecule has 34 heavy (non-hydrogen) atoms.